The highest BCUT2D eigenvalue weighted by molar-refractivity contribution is 6.14. The van der Waals surface area contributed by atoms with Crippen molar-refractivity contribution in [2.45, 2.75) is 12.5 Å². The molecule has 3 aromatic rings. The fourth-order valence-corrected chi connectivity index (χ4v) is 3.79. The maximum absolute atomic E-state index is 13.3. The second-order valence-corrected chi connectivity index (χ2v) is 7.71. The van der Waals surface area contributed by atoms with Crippen molar-refractivity contribution in [3.05, 3.63) is 72.8 Å². The molecule has 1 aliphatic rings. The minimum atomic E-state index is -1.06. The van der Waals surface area contributed by atoms with Gasteiger partial charge in [0.1, 0.15) is 11.8 Å². The molecule has 9 nitrogen and oxygen atoms in total. The number of benzene rings is 3. The summed E-state index contributed by atoms with van der Waals surface area (Å²) in [6.07, 6.45) is -0.243. The number of amides is 3. The van der Waals surface area contributed by atoms with Crippen LogP contribution in [0.5, 0.6) is 17.2 Å². The maximum Gasteiger partial charge on any atom is 0.265 e. The Hall–Kier alpha value is -4.53. The molecule has 0 saturated carbocycles. The van der Waals surface area contributed by atoms with E-state index >= 15 is 0 Å². The van der Waals surface area contributed by atoms with Crippen LogP contribution in [-0.2, 0) is 14.4 Å². The van der Waals surface area contributed by atoms with E-state index in [1.807, 2.05) is 0 Å². The molecule has 0 bridgehead atoms. The molecule has 0 spiro atoms. The van der Waals surface area contributed by atoms with Gasteiger partial charge in [-0.1, -0.05) is 24.3 Å². The summed E-state index contributed by atoms with van der Waals surface area (Å²) >= 11 is 0. The fourth-order valence-electron chi connectivity index (χ4n) is 3.79. The summed E-state index contributed by atoms with van der Waals surface area (Å²) in [5.74, 6) is 0.176. The van der Waals surface area contributed by atoms with Crippen molar-refractivity contribution in [3.63, 3.8) is 0 Å². The average molecular weight is 476 g/mol. The monoisotopic (exact) mass is 475 g/mol. The third-order valence-electron chi connectivity index (χ3n) is 5.48. The minimum absolute atomic E-state index is 0.243. The van der Waals surface area contributed by atoms with E-state index < -0.39 is 23.8 Å². The predicted molar refractivity (Wildman–Crippen MR) is 131 cm³/mol. The summed E-state index contributed by atoms with van der Waals surface area (Å²) in [4.78, 5) is 40.4. The number of rotatable bonds is 8. The van der Waals surface area contributed by atoms with Gasteiger partial charge in [0.25, 0.3) is 5.91 Å². The van der Waals surface area contributed by atoms with Crippen LogP contribution >= 0.6 is 0 Å². The number of methoxy groups -OCH3 is 2. The van der Waals surface area contributed by atoms with Crippen molar-refractivity contribution < 1.29 is 28.6 Å². The van der Waals surface area contributed by atoms with Crippen LogP contribution in [-0.4, -0.2) is 44.6 Å². The van der Waals surface area contributed by atoms with Crippen LogP contribution in [0.1, 0.15) is 6.42 Å². The SMILES string of the molecule is COc1ccc(NC(=O)C[C@@H]2C(=O)Nc3ccccc3N2C(=O)COc2ccccc2OC)cc1. The van der Waals surface area contributed by atoms with Gasteiger partial charge in [-0.25, -0.2) is 0 Å². The van der Waals surface area contributed by atoms with E-state index in [4.69, 9.17) is 14.2 Å². The molecule has 1 aliphatic heterocycles. The molecular weight excluding hydrogens is 450 g/mol. The largest absolute Gasteiger partial charge is 0.497 e. The molecule has 0 fully saturated rings. The lowest BCUT2D eigenvalue weighted by Crippen LogP contribution is -2.53. The summed E-state index contributed by atoms with van der Waals surface area (Å²) in [5.41, 5.74) is 1.52. The maximum atomic E-state index is 13.3. The Kier molecular flexibility index (Phi) is 7.15. The minimum Gasteiger partial charge on any atom is -0.497 e. The number of fused-ring (bicyclic) bond motifs is 1. The number of hydrogen-bond donors (Lipinski definition) is 2. The van der Waals surface area contributed by atoms with Crippen molar-refractivity contribution in [1.29, 1.82) is 0 Å². The third kappa shape index (κ3) is 5.35. The van der Waals surface area contributed by atoms with Crippen LogP contribution in [0.15, 0.2) is 72.8 Å². The highest BCUT2D eigenvalue weighted by atomic mass is 16.5. The molecule has 0 saturated heterocycles. The standard InChI is InChI=1S/C26H25N3O6/c1-33-18-13-11-17(12-14-18)27-24(30)15-21-26(32)28-19-7-3-4-8-20(19)29(21)25(31)16-35-23-10-6-5-9-22(23)34-2/h3-14,21H,15-16H2,1-2H3,(H,27,30)(H,28,32)/t21-/m1/s1. The van der Waals surface area contributed by atoms with Crippen molar-refractivity contribution in [1.82, 2.24) is 0 Å². The Morgan fingerprint density at radius 1 is 0.914 bits per heavy atom. The summed E-state index contributed by atoms with van der Waals surface area (Å²) in [7, 11) is 3.06. The zero-order valence-electron chi connectivity index (χ0n) is 19.3. The average Bonchev–Trinajstić information content (AvgIpc) is 2.88. The second-order valence-electron chi connectivity index (χ2n) is 7.71. The Balaban J connectivity index is 1.54. The van der Waals surface area contributed by atoms with Gasteiger partial charge in [0.05, 0.1) is 32.0 Å². The van der Waals surface area contributed by atoms with E-state index in [9.17, 15) is 14.4 Å². The molecule has 0 aromatic heterocycles. The van der Waals surface area contributed by atoms with Gasteiger partial charge in [0.2, 0.25) is 11.8 Å². The van der Waals surface area contributed by atoms with Gasteiger partial charge in [-0.05, 0) is 48.5 Å². The van der Waals surface area contributed by atoms with E-state index in [2.05, 4.69) is 10.6 Å². The van der Waals surface area contributed by atoms with Gasteiger partial charge in [-0.3, -0.25) is 19.3 Å². The van der Waals surface area contributed by atoms with Gasteiger partial charge in [-0.15, -0.1) is 0 Å². The number of hydrogen-bond acceptors (Lipinski definition) is 6. The molecule has 3 amide bonds. The first kappa shape index (κ1) is 23.6. The molecule has 4 rings (SSSR count). The van der Waals surface area contributed by atoms with Gasteiger partial charge < -0.3 is 24.8 Å². The lowest BCUT2D eigenvalue weighted by molar-refractivity contribution is -0.127. The molecule has 0 radical (unpaired) electrons. The van der Waals surface area contributed by atoms with Gasteiger partial charge in [0, 0.05) is 5.69 Å². The third-order valence-corrected chi connectivity index (χ3v) is 5.48. The van der Waals surface area contributed by atoms with E-state index in [1.54, 1.807) is 79.9 Å². The molecule has 35 heavy (non-hydrogen) atoms. The van der Waals surface area contributed by atoms with Crippen molar-refractivity contribution in [2.24, 2.45) is 0 Å². The highest BCUT2D eigenvalue weighted by Gasteiger charge is 2.38. The van der Waals surface area contributed by atoms with Crippen molar-refractivity contribution in [2.75, 3.05) is 36.4 Å². The van der Waals surface area contributed by atoms with Gasteiger partial charge >= 0.3 is 0 Å². The molecule has 3 aromatic carbocycles. The highest BCUT2D eigenvalue weighted by Crippen LogP contribution is 2.33. The van der Waals surface area contributed by atoms with Crippen LogP contribution in [0.2, 0.25) is 0 Å². The second kappa shape index (κ2) is 10.6. The molecule has 180 valence electrons. The van der Waals surface area contributed by atoms with Crippen molar-refractivity contribution in [3.8, 4) is 17.2 Å². The molecule has 0 unspecified atom stereocenters. The van der Waals surface area contributed by atoms with Gasteiger partial charge in [0.15, 0.2) is 18.1 Å². The number of nitrogens with one attached hydrogen (secondary N) is 2. The molecule has 1 heterocycles. The smallest absolute Gasteiger partial charge is 0.265 e. The van der Waals surface area contributed by atoms with Crippen LogP contribution in [0.25, 0.3) is 0 Å². The normalized spacial score (nSPS) is 14.4. The molecular formula is C26H25N3O6. The van der Waals surface area contributed by atoms with Crippen LogP contribution in [0.3, 0.4) is 0 Å². The Labute approximate surface area is 202 Å². The number of carbonyl (C=O) groups is 3. The molecule has 1 atom stereocenters. The summed E-state index contributed by atoms with van der Waals surface area (Å²) in [6, 6.07) is 19.6. The number of nitrogens with zero attached hydrogens (tertiary/aromatic N) is 1. The number of ether oxygens (including phenoxy) is 3. The summed E-state index contributed by atoms with van der Waals surface area (Å²) < 4.78 is 16.1. The first-order valence-electron chi connectivity index (χ1n) is 10.9. The Morgan fingerprint density at radius 3 is 2.31 bits per heavy atom. The summed E-state index contributed by atoms with van der Waals surface area (Å²) in [6.45, 7) is -0.349. The van der Waals surface area contributed by atoms with Crippen molar-refractivity contribution >= 4 is 34.8 Å². The first-order chi connectivity index (χ1) is 17.0. The van der Waals surface area contributed by atoms with E-state index in [0.29, 0.717) is 34.3 Å². The molecule has 0 aliphatic carbocycles. The Morgan fingerprint density at radius 2 is 1.60 bits per heavy atom. The fraction of sp³-hybridized carbons (Fsp3) is 0.192. The number of carbonyl (C=O) groups excluding carboxylic acids is 3. The predicted octanol–water partition coefficient (Wildman–Crippen LogP) is 3.47. The van der Waals surface area contributed by atoms with Crippen LogP contribution in [0, 0.1) is 0 Å². The quantitative estimate of drug-likeness (QED) is 0.517. The lowest BCUT2D eigenvalue weighted by Gasteiger charge is -2.36. The zero-order valence-corrected chi connectivity index (χ0v) is 19.3. The topological polar surface area (TPSA) is 106 Å². The lowest BCUT2D eigenvalue weighted by atomic mass is 10.0. The molecule has 9 heteroatoms. The van der Waals surface area contributed by atoms with E-state index in [0.717, 1.165) is 0 Å². The van der Waals surface area contributed by atoms with E-state index in [-0.39, 0.29) is 13.0 Å². The molecule has 2 N–H and O–H groups in total. The summed E-state index contributed by atoms with van der Waals surface area (Å²) in [5, 5.41) is 5.54. The van der Waals surface area contributed by atoms with E-state index in [1.165, 1.54) is 12.0 Å². The van der Waals surface area contributed by atoms with Gasteiger partial charge in [-0.2, -0.15) is 0 Å². The van der Waals surface area contributed by atoms with Crippen LogP contribution < -0.4 is 29.7 Å². The Bertz CT molecular complexity index is 1230. The number of para-hydroxylation sites is 4. The first-order valence-corrected chi connectivity index (χ1v) is 10.9. The zero-order chi connectivity index (χ0) is 24.8. The van der Waals surface area contributed by atoms with Crippen LogP contribution in [0.4, 0.5) is 17.1 Å². The number of anilines is 3.